The van der Waals surface area contributed by atoms with E-state index in [9.17, 15) is 10.1 Å². The molecule has 0 radical (unpaired) electrons. The van der Waals surface area contributed by atoms with Gasteiger partial charge in [-0.1, -0.05) is 11.6 Å². The molecule has 2 rings (SSSR count). The number of nitrogens with one attached hydrogen (secondary N) is 1. The van der Waals surface area contributed by atoms with E-state index in [1.807, 2.05) is 0 Å². The van der Waals surface area contributed by atoms with Crippen LogP contribution in [0.3, 0.4) is 0 Å². The highest BCUT2D eigenvalue weighted by Gasteiger charge is 2.33. The van der Waals surface area contributed by atoms with E-state index in [4.69, 9.17) is 21.1 Å². The third-order valence-corrected chi connectivity index (χ3v) is 3.65. The molecular formula is C12H16ClN3O4. The number of rotatable bonds is 5. The number of halogens is 1. The molecule has 110 valence electrons. The predicted octanol–water partition coefficient (Wildman–Crippen LogP) is 2.25. The number of hydrogen-bond donors (Lipinski definition) is 1. The van der Waals surface area contributed by atoms with Gasteiger partial charge in [0, 0.05) is 52.0 Å². The summed E-state index contributed by atoms with van der Waals surface area (Å²) in [5.41, 5.74) is -0.524. The molecule has 1 saturated heterocycles. The highest BCUT2D eigenvalue weighted by atomic mass is 35.5. The van der Waals surface area contributed by atoms with Gasteiger partial charge in [-0.15, -0.1) is 0 Å². The van der Waals surface area contributed by atoms with Crippen molar-refractivity contribution in [2.24, 2.45) is 0 Å². The molecule has 1 fully saturated rings. The van der Waals surface area contributed by atoms with Gasteiger partial charge >= 0.3 is 5.69 Å². The number of ether oxygens (including phenoxy) is 2. The average molecular weight is 302 g/mol. The predicted molar refractivity (Wildman–Crippen MR) is 74.2 cm³/mol. The van der Waals surface area contributed by atoms with Crippen LogP contribution in [0.4, 0.5) is 11.5 Å². The van der Waals surface area contributed by atoms with Gasteiger partial charge in [0.15, 0.2) is 0 Å². The van der Waals surface area contributed by atoms with Crippen LogP contribution in [-0.4, -0.2) is 42.4 Å². The van der Waals surface area contributed by atoms with Crippen molar-refractivity contribution >= 4 is 23.1 Å². The second-order valence-corrected chi connectivity index (χ2v) is 5.07. The van der Waals surface area contributed by atoms with E-state index in [1.165, 1.54) is 12.3 Å². The summed E-state index contributed by atoms with van der Waals surface area (Å²) in [7, 11) is 1.64. The van der Waals surface area contributed by atoms with Gasteiger partial charge in [0.2, 0.25) is 5.82 Å². The Morgan fingerprint density at radius 3 is 2.90 bits per heavy atom. The number of methoxy groups -OCH3 is 1. The van der Waals surface area contributed by atoms with E-state index in [1.54, 1.807) is 7.11 Å². The molecule has 1 aromatic rings. The van der Waals surface area contributed by atoms with Gasteiger partial charge in [-0.2, -0.15) is 0 Å². The molecule has 8 heteroatoms. The van der Waals surface area contributed by atoms with Gasteiger partial charge < -0.3 is 14.8 Å². The summed E-state index contributed by atoms with van der Waals surface area (Å²) in [4.78, 5) is 14.5. The smallest absolute Gasteiger partial charge is 0.312 e. The number of nitro groups is 1. The summed E-state index contributed by atoms with van der Waals surface area (Å²) < 4.78 is 10.9. The molecule has 0 aliphatic carbocycles. The first kappa shape index (κ1) is 15.0. The third kappa shape index (κ3) is 3.36. The lowest BCUT2D eigenvalue weighted by molar-refractivity contribution is -0.384. The fourth-order valence-corrected chi connectivity index (χ4v) is 2.30. The number of anilines is 1. The number of hydrogen-bond acceptors (Lipinski definition) is 6. The molecule has 0 atom stereocenters. The van der Waals surface area contributed by atoms with Crippen molar-refractivity contribution in [2.75, 3.05) is 32.2 Å². The van der Waals surface area contributed by atoms with Crippen molar-refractivity contribution in [3.05, 3.63) is 27.4 Å². The first-order chi connectivity index (χ1) is 9.56. The minimum atomic E-state index is -0.509. The summed E-state index contributed by atoms with van der Waals surface area (Å²) in [6.07, 6.45) is 2.84. The van der Waals surface area contributed by atoms with Crippen molar-refractivity contribution in [3.8, 4) is 0 Å². The van der Waals surface area contributed by atoms with E-state index in [0.717, 1.165) is 12.8 Å². The van der Waals surface area contributed by atoms with Gasteiger partial charge in [-0.05, 0) is 0 Å². The van der Waals surface area contributed by atoms with Gasteiger partial charge in [-0.25, -0.2) is 4.98 Å². The Hall–Kier alpha value is -1.44. The van der Waals surface area contributed by atoms with E-state index in [0.29, 0.717) is 19.8 Å². The largest absolute Gasteiger partial charge is 0.381 e. The molecule has 0 saturated carbocycles. The molecule has 0 bridgehead atoms. The summed E-state index contributed by atoms with van der Waals surface area (Å²) in [6.45, 7) is 1.67. The monoisotopic (exact) mass is 301 g/mol. The van der Waals surface area contributed by atoms with Crippen molar-refractivity contribution in [1.29, 1.82) is 0 Å². The lowest BCUT2D eigenvalue weighted by Gasteiger charge is -2.36. The second kappa shape index (κ2) is 6.34. The van der Waals surface area contributed by atoms with E-state index >= 15 is 0 Å². The van der Waals surface area contributed by atoms with Gasteiger partial charge in [0.05, 0.1) is 15.5 Å². The third-order valence-electron chi connectivity index (χ3n) is 3.45. The molecular weight excluding hydrogens is 286 g/mol. The Morgan fingerprint density at radius 1 is 1.60 bits per heavy atom. The van der Waals surface area contributed by atoms with E-state index in [2.05, 4.69) is 10.3 Å². The molecule has 1 aliphatic rings. The quantitative estimate of drug-likeness (QED) is 0.663. The normalized spacial score (nSPS) is 17.7. The zero-order valence-electron chi connectivity index (χ0n) is 11.1. The maximum Gasteiger partial charge on any atom is 0.312 e. The Morgan fingerprint density at radius 2 is 2.30 bits per heavy atom. The number of pyridine rings is 1. The topological polar surface area (TPSA) is 86.5 Å². The lowest BCUT2D eigenvalue weighted by Crippen LogP contribution is -2.44. The molecule has 2 heterocycles. The van der Waals surface area contributed by atoms with Crippen molar-refractivity contribution in [2.45, 2.75) is 18.4 Å². The lowest BCUT2D eigenvalue weighted by atomic mass is 9.94. The van der Waals surface area contributed by atoms with E-state index < -0.39 is 4.92 Å². The fourth-order valence-electron chi connectivity index (χ4n) is 2.15. The summed E-state index contributed by atoms with van der Waals surface area (Å²) in [5.74, 6) is 0.197. The highest BCUT2D eigenvalue weighted by molar-refractivity contribution is 6.30. The molecule has 0 aromatic carbocycles. The van der Waals surface area contributed by atoms with Crippen LogP contribution in [0.1, 0.15) is 12.8 Å². The van der Waals surface area contributed by atoms with Crippen LogP contribution in [-0.2, 0) is 9.47 Å². The molecule has 1 N–H and O–H groups in total. The second-order valence-electron chi connectivity index (χ2n) is 4.63. The van der Waals surface area contributed by atoms with Crippen LogP contribution in [0.25, 0.3) is 0 Å². The Bertz CT molecular complexity index is 492. The zero-order valence-corrected chi connectivity index (χ0v) is 11.9. The highest BCUT2D eigenvalue weighted by Crippen LogP contribution is 2.28. The van der Waals surface area contributed by atoms with Gasteiger partial charge in [0.1, 0.15) is 0 Å². The molecule has 0 spiro atoms. The summed E-state index contributed by atoms with van der Waals surface area (Å²) in [6, 6.07) is 1.28. The Labute approximate surface area is 121 Å². The number of aromatic nitrogens is 1. The fraction of sp³-hybridized carbons (Fsp3) is 0.583. The molecule has 0 amide bonds. The maximum absolute atomic E-state index is 11.0. The van der Waals surface area contributed by atoms with Crippen LogP contribution in [0, 0.1) is 10.1 Å². The zero-order chi connectivity index (χ0) is 14.6. The minimum Gasteiger partial charge on any atom is -0.381 e. The molecule has 20 heavy (non-hydrogen) atoms. The van der Waals surface area contributed by atoms with Gasteiger partial charge in [0.25, 0.3) is 0 Å². The molecule has 0 unspecified atom stereocenters. The van der Waals surface area contributed by atoms with Crippen molar-refractivity contribution in [3.63, 3.8) is 0 Å². The maximum atomic E-state index is 11.0. The van der Waals surface area contributed by atoms with Crippen molar-refractivity contribution < 1.29 is 14.4 Å². The average Bonchev–Trinajstić information content (AvgIpc) is 2.47. The first-order valence-corrected chi connectivity index (χ1v) is 6.61. The van der Waals surface area contributed by atoms with Crippen LogP contribution in [0.2, 0.25) is 5.02 Å². The Balaban J connectivity index is 2.11. The SMILES string of the molecule is COC1(CNc2ncc(Cl)cc2[N+](=O)[O-])CCOCC1. The first-order valence-electron chi connectivity index (χ1n) is 6.23. The molecule has 7 nitrogen and oxygen atoms in total. The van der Waals surface area contributed by atoms with Crippen LogP contribution in [0.15, 0.2) is 12.3 Å². The molecule has 1 aromatic heterocycles. The van der Waals surface area contributed by atoms with E-state index in [-0.39, 0.29) is 22.1 Å². The van der Waals surface area contributed by atoms with Crippen LogP contribution < -0.4 is 5.32 Å². The van der Waals surface area contributed by atoms with Crippen LogP contribution >= 0.6 is 11.6 Å². The standard InChI is InChI=1S/C12H16ClN3O4/c1-19-12(2-4-20-5-3-12)8-15-11-10(16(17)18)6-9(13)7-14-11/h6-7H,2-5,8H2,1H3,(H,14,15). The Kier molecular flexibility index (Phi) is 4.74. The number of nitrogens with zero attached hydrogens (tertiary/aromatic N) is 2. The van der Waals surface area contributed by atoms with Gasteiger partial charge in [-0.3, -0.25) is 10.1 Å². The summed E-state index contributed by atoms with van der Waals surface area (Å²) in [5, 5.41) is 14.2. The summed E-state index contributed by atoms with van der Waals surface area (Å²) >= 11 is 5.73. The minimum absolute atomic E-state index is 0.143. The van der Waals surface area contributed by atoms with Crippen molar-refractivity contribution in [1.82, 2.24) is 4.98 Å². The van der Waals surface area contributed by atoms with Crippen LogP contribution in [0.5, 0.6) is 0 Å². The molecule has 1 aliphatic heterocycles.